The monoisotopic (exact) mass is 391 g/mol. The molecule has 142 valence electrons. The van der Waals surface area contributed by atoms with Crippen molar-refractivity contribution in [2.45, 2.75) is 4.90 Å². The average molecular weight is 391 g/mol. The molecule has 1 aromatic heterocycles. The summed E-state index contributed by atoms with van der Waals surface area (Å²) in [5.74, 6) is 0.517. The number of aromatic nitrogens is 1. The molecular formula is C18H18FN3O4S. The van der Waals surface area contributed by atoms with Crippen LogP contribution in [0.4, 0.5) is 16.1 Å². The van der Waals surface area contributed by atoms with Gasteiger partial charge in [-0.1, -0.05) is 0 Å². The molecule has 0 spiro atoms. The van der Waals surface area contributed by atoms with Gasteiger partial charge in [0.25, 0.3) is 6.01 Å². The fraction of sp³-hybridized carbons (Fsp3) is 0.167. The molecule has 0 aliphatic rings. The van der Waals surface area contributed by atoms with Gasteiger partial charge in [-0.3, -0.25) is 0 Å². The smallest absolute Gasteiger partial charge is 0.299 e. The highest BCUT2D eigenvalue weighted by molar-refractivity contribution is 7.89. The summed E-state index contributed by atoms with van der Waals surface area (Å²) in [6.45, 7) is 0. The molecule has 1 heterocycles. The molecule has 0 saturated carbocycles. The Kier molecular flexibility index (Phi) is 5.15. The Morgan fingerprint density at radius 2 is 1.85 bits per heavy atom. The average Bonchev–Trinajstić information content (AvgIpc) is 3.10. The number of hydrogen-bond acceptors (Lipinski definition) is 6. The molecule has 0 radical (unpaired) electrons. The highest BCUT2D eigenvalue weighted by Crippen LogP contribution is 2.32. The number of oxazole rings is 1. The Hall–Kier alpha value is -2.91. The van der Waals surface area contributed by atoms with Crippen molar-refractivity contribution in [2.24, 2.45) is 0 Å². The Labute approximate surface area is 156 Å². The van der Waals surface area contributed by atoms with Crippen molar-refractivity contribution in [3.8, 4) is 17.1 Å². The van der Waals surface area contributed by atoms with Gasteiger partial charge in [-0.15, -0.1) is 0 Å². The van der Waals surface area contributed by atoms with Crippen molar-refractivity contribution in [3.63, 3.8) is 0 Å². The molecule has 0 unspecified atom stereocenters. The number of nitrogens with one attached hydrogen (secondary N) is 1. The lowest BCUT2D eigenvalue weighted by Crippen LogP contribution is -2.22. The topological polar surface area (TPSA) is 84.7 Å². The molecule has 0 saturated heterocycles. The van der Waals surface area contributed by atoms with Crippen LogP contribution >= 0.6 is 0 Å². The van der Waals surface area contributed by atoms with Gasteiger partial charge in [-0.25, -0.2) is 22.1 Å². The van der Waals surface area contributed by atoms with Gasteiger partial charge in [0.2, 0.25) is 10.0 Å². The van der Waals surface area contributed by atoms with Crippen molar-refractivity contribution in [3.05, 3.63) is 54.5 Å². The second kappa shape index (κ2) is 7.37. The van der Waals surface area contributed by atoms with E-state index in [0.717, 1.165) is 4.31 Å². The van der Waals surface area contributed by atoms with Crippen LogP contribution in [0.2, 0.25) is 0 Å². The van der Waals surface area contributed by atoms with Gasteiger partial charge in [-0.05, 0) is 42.5 Å². The van der Waals surface area contributed by atoms with E-state index in [1.807, 2.05) is 0 Å². The SMILES string of the molecule is COc1ccc(S(=O)(=O)N(C)C)cc1Nc1ncc(-c2ccc(F)cc2)o1. The van der Waals surface area contributed by atoms with E-state index in [0.29, 0.717) is 22.8 Å². The van der Waals surface area contributed by atoms with E-state index in [4.69, 9.17) is 9.15 Å². The predicted octanol–water partition coefficient (Wildman–Crippen LogP) is 3.48. The lowest BCUT2D eigenvalue weighted by atomic mass is 10.2. The van der Waals surface area contributed by atoms with Crippen LogP contribution in [0.25, 0.3) is 11.3 Å². The molecular weight excluding hydrogens is 373 g/mol. The molecule has 9 heteroatoms. The Balaban J connectivity index is 1.92. The van der Waals surface area contributed by atoms with E-state index in [9.17, 15) is 12.8 Å². The number of anilines is 2. The summed E-state index contributed by atoms with van der Waals surface area (Å²) in [6.07, 6.45) is 1.49. The minimum atomic E-state index is -3.61. The third-order valence-electron chi connectivity index (χ3n) is 3.83. The lowest BCUT2D eigenvalue weighted by Gasteiger charge is -2.14. The van der Waals surface area contributed by atoms with Crippen LogP contribution in [0, 0.1) is 5.82 Å². The molecule has 1 N–H and O–H groups in total. The highest BCUT2D eigenvalue weighted by atomic mass is 32.2. The quantitative estimate of drug-likeness (QED) is 0.692. The molecule has 0 bridgehead atoms. The second-order valence-corrected chi connectivity index (χ2v) is 7.96. The Bertz CT molecular complexity index is 1050. The minimum absolute atomic E-state index is 0.0983. The number of ether oxygens (including phenoxy) is 1. The van der Waals surface area contributed by atoms with Gasteiger partial charge in [0.05, 0.1) is 23.9 Å². The van der Waals surface area contributed by atoms with Crippen molar-refractivity contribution in [1.82, 2.24) is 9.29 Å². The van der Waals surface area contributed by atoms with E-state index in [2.05, 4.69) is 10.3 Å². The zero-order valence-electron chi connectivity index (χ0n) is 14.9. The first-order valence-electron chi connectivity index (χ1n) is 7.90. The van der Waals surface area contributed by atoms with Gasteiger partial charge >= 0.3 is 0 Å². The maximum atomic E-state index is 13.0. The highest BCUT2D eigenvalue weighted by Gasteiger charge is 2.20. The third-order valence-corrected chi connectivity index (χ3v) is 5.64. The summed E-state index contributed by atoms with van der Waals surface area (Å²) >= 11 is 0. The van der Waals surface area contributed by atoms with E-state index < -0.39 is 10.0 Å². The predicted molar refractivity (Wildman–Crippen MR) is 99.0 cm³/mol. The summed E-state index contributed by atoms with van der Waals surface area (Å²) < 4.78 is 49.7. The molecule has 27 heavy (non-hydrogen) atoms. The van der Waals surface area contributed by atoms with Crippen LogP contribution in [0.3, 0.4) is 0 Å². The largest absolute Gasteiger partial charge is 0.495 e. The summed E-state index contributed by atoms with van der Waals surface area (Å²) in [5.41, 5.74) is 1.04. The summed E-state index contributed by atoms with van der Waals surface area (Å²) in [5, 5.41) is 2.92. The molecule has 0 aliphatic carbocycles. The number of hydrogen-bond donors (Lipinski definition) is 1. The van der Waals surface area contributed by atoms with Gasteiger partial charge in [0, 0.05) is 19.7 Å². The number of rotatable bonds is 6. The fourth-order valence-corrected chi connectivity index (χ4v) is 3.28. The van der Waals surface area contributed by atoms with Gasteiger partial charge < -0.3 is 14.5 Å². The van der Waals surface area contributed by atoms with Crippen LogP contribution in [-0.2, 0) is 10.0 Å². The number of methoxy groups -OCH3 is 1. The van der Waals surface area contributed by atoms with Crippen LogP contribution < -0.4 is 10.1 Å². The second-order valence-electron chi connectivity index (χ2n) is 5.81. The molecule has 3 aromatic rings. The van der Waals surface area contributed by atoms with E-state index in [1.165, 1.54) is 51.7 Å². The molecule has 0 aliphatic heterocycles. The van der Waals surface area contributed by atoms with Gasteiger partial charge in [0.1, 0.15) is 11.6 Å². The zero-order chi connectivity index (χ0) is 19.6. The van der Waals surface area contributed by atoms with Crippen LogP contribution in [-0.4, -0.2) is 38.9 Å². The van der Waals surface area contributed by atoms with Crippen molar-refractivity contribution in [2.75, 3.05) is 26.5 Å². The molecule has 0 atom stereocenters. The minimum Gasteiger partial charge on any atom is -0.495 e. The van der Waals surface area contributed by atoms with Crippen LogP contribution in [0.1, 0.15) is 0 Å². The van der Waals surface area contributed by atoms with Crippen molar-refractivity contribution >= 4 is 21.7 Å². The maximum absolute atomic E-state index is 13.0. The number of halogens is 1. The Morgan fingerprint density at radius 3 is 2.48 bits per heavy atom. The number of nitrogens with zero attached hydrogens (tertiary/aromatic N) is 2. The molecule has 7 nitrogen and oxygen atoms in total. The zero-order valence-corrected chi connectivity index (χ0v) is 15.7. The summed E-state index contributed by atoms with van der Waals surface area (Å²) in [7, 11) is 0.773. The van der Waals surface area contributed by atoms with Gasteiger partial charge in [0.15, 0.2) is 5.76 Å². The fourth-order valence-electron chi connectivity index (χ4n) is 2.35. The van der Waals surface area contributed by atoms with Crippen molar-refractivity contribution < 1.29 is 22.0 Å². The normalized spacial score (nSPS) is 11.6. The third kappa shape index (κ3) is 3.93. The van der Waals surface area contributed by atoms with Crippen LogP contribution in [0.15, 0.2) is 58.0 Å². The Morgan fingerprint density at radius 1 is 1.15 bits per heavy atom. The van der Waals surface area contributed by atoms with Gasteiger partial charge in [-0.2, -0.15) is 0 Å². The van der Waals surface area contributed by atoms with E-state index in [-0.39, 0.29) is 16.7 Å². The molecule has 2 aromatic carbocycles. The van der Waals surface area contributed by atoms with Crippen molar-refractivity contribution in [1.29, 1.82) is 0 Å². The lowest BCUT2D eigenvalue weighted by molar-refractivity contribution is 0.416. The first kappa shape index (κ1) is 18.9. The van der Waals surface area contributed by atoms with E-state index in [1.54, 1.807) is 18.2 Å². The molecule has 0 amide bonds. The maximum Gasteiger partial charge on any atom is 0.299 e. The molecule has 0 fully saturated rings. The summed E-state index contributed by atoms with van der Waals surface area (Å²) in [6, 6.07) is 10.4. The first-order chi connectivity index (χ1) is 12.8. The first-order valence-corrected chi connectivity index (χ1v) is 9.34. The standard InChI is InChI=1S/C18H18FN3O4S/c1-22(2)27(23,24)14-8-9-16(25-3)15(10-14)21-18-20-11-17(26-18)12-4-6-13(19)7-5-12/h4-11H,1-3H3,(H,20,21). The number of benzene rings is 2. The van der Waals surface area contributed by atoms with E-state index >= 15 is 0 Å². The number of sulfonamides is 1. The summed E-state index contributed by atoms with van der Waals surface area (Å²) in [4.78, 5) is 4.22. The van der Waals surface area contributed by atoms with Crippen LogP contribution in [0.5, 0.6) is 5.75 Å². The molecule has 3 rings (SSSR count).